The average molecular weight is 303 g/mol. The fourth-order valence-electron chi connectivity index (χ4n) is 2.22. The molecule has 1 aliphatic rings. The van der Waals surface area contributed by atoms with Crippen LogP contribution in [0.4, 0.5) is 5.69 Å². The van der Waals surface area contributed by atoms with Crippen molar-refractivity contribution in [2.24, 2.45) is 11.7 Å². The van der Waals surface area contributed by atoms with Gasteiger partial charge in [-0.1, -0.05) is 23.2 Å². The van der Waals surface area contributed by atoms with Gasteiger partial charge in [-0.05, 0) is 6.42 Å². The Balaban J connectivity index is 2.04. The van der Waals surface area contributed by atoms with Gasteiger partial charge in [0.2, 0.25) is 5.91 Å². The number of aromatic nitrogens is 1. The summed E-state index contributed by atoms with van der Waals surface area (Å²) in [7, 11) is 0. The number of hydrogen-bond acceptors (Lipinski definition) is 4. The van der Waals surface area contributed by atoms with Gasteiger partial charge in [-0.25, -0.2) is 0 Å². The summed E-state index contributed by atoms with van der Waals surface area (Å²) in [6.45, 7) is 2.32. The van der Waals surface area contributed by atoms with Gasteiger partial charge < -0.3 is 16.0 Å². The van der Waals surface area contributed by atoms with Gasteiger partial charge in [-0.2, -0.15) is 0 Å². The van der Waals surface area contributed by atoms with Gasteiger partial charge in [0.05, 0.1) is 21.7 Å². The van der Waals surface area contributed by atoms with E-state index in [0.717, 1.165) is 18.7 Å². The van der Waals surface area contributed by atoms with E-state index in [0.29, 0.717) is 29.7 Å². The first-order valence-corrected chi connectivity index (χ1v) is 6.90. The van der Waals surface area contributed by atoms with Gasteiger partial charge >= 0.3 is 0 Å². The quantitative estimate of drug-likeness (QED) is 0.879. The van der Waals surface area contributed by atoms with Crippen molar-refractivity contribution in [2.75, 3.05) is 31.1 Å². The molecule has 0 saturated carbocycles. The molecule has 1 unspecified atom stereocenters. The Labute approximate surface area is 122 Å². The lowest BCUT2D eigenvalue weighted by molar-refractivity contribution is -0.124. The van der Waals surface area contributed by atoms with Crippen LogP contribution in [0.2, 0.25) is 10.0 Å². The van der Waals surface area contributed by atoms with Gasteiger partial charge in [0.25, 0.3) is 0 Å². The van der Waals surface area contributed by atoms with Crippen molar-refractivity contribution >= 4 is 34.8 Å². The van der Waals surface area contributed by atoms with Crippen LogP contribution in [0.1, 0.15) is 6.42 Å². The lowest BCUT2D eigenvalue weighted by Gasteiger charge is -2.20. The lowest BCUT2D eigenvalue weighted by atomic mass is 10.1. The lowest BCUT2D eigenvalue weighted by Crippen LogP contribution is -2.35. The predicted octanol–water partition coefficient (Wildman–Crippen LogP) is 1.29. The second-order valence-corrected chi connectivity index (χ2v) is 5.28. The van der Waals surface area contributed by atoms with Crippen LogP contribution in [-0.4, -0.2) is 37.1 Å². The number of hydrogen-bond donors (Lipinski definition) is 2. The summed E-state index contributed by atoms with van der Waals surface area (Å²) in [5.41, 5.74) is 6.12. The first-order valence-electron chi connectivity index (χ1n) is 6.15. The van der Waals surface area contributed by atoms with Crippen LogP contribution in [-0.2, 0) is 4.79 Å². The third-order valence-electron chi connectivity index (χ3n) is 3.15. The van der Waals surface area contributed by atoms with Crippen molar-refractivity contribution in [1.29, 1.82) is 0 Å². The molecular formula is C12H16Cl2N4O. The third kappa shape index (κ3) is 3.29. The molecule has 7 heteroatoms. The van der Waals surface area contributed by atoms with Crippen LogP contribution < -0.4 is 16.0 Å². The molecule has 1 aromatic rings. The van der Waals surface area contributed by atoms with Crippen LogP contribution in [0.3, 0.4) is 0 Å². The molecule has 3 N–H and O–H groups in total. The van der Waals surface area contributed by atoms with E-state index in [1.165, 1.54) is 0 Å². The summed E-state index contributed by atoms with van der Waals surface area (Å²) in [5, 5.41) is 3.83. The zero-order valence-electron chi connectivity index (χ0n) is 10.4. The number of pyridine rings is 1. The molecule has 1 amide bonds. The van der Waals surface area contributed by atoms with E-state index in [4.69, 9.17) is 28.9 Å². The number of nitrogens with one attached hydrogen (secondary N) is 1. The summed E-state index contributed by atoms with van der Waals surface area (Å²) in [6, 6.07) is 0. The Hall–Kier alpha value is -1.04. The van der Waals surface area contributed by atoms with Crippen molar-refractivity contribution in [2.45, 2.75) is 6.42 Å². The molecule has 1 saturated heterocycles. The topological polar surface area (TPSA) is 71.2 Å². The number of nitrogens with two attached hydrogens (primary N) is 1. The zero-order chi connectivity index (χ0) is 13.8. The van der Waals surface area contributed by atoms with E-state index in [-0.39, 0.29) is 11.8 Å². The molecule has 5 nitrogen and oxygen atoms in total. The standard InChI is InChI=1S/C12H16Cl2N4O/c13-9-5-16-6-10(14)11(9)18-4-1-8(7-18)12(19)17-3-2-15/h5-6,8H,1-4,7,15H2,(H,17,19). The minimum absolute atomic E-state index is 0.0363. The highest BCUT2D eigenvalue weighted by atomic mass is 35.5. The van der Waals surface area contributed by atoms with Crippen LogP contribution >= 0.6 is 23.2 Å². The van der Waals surface area contributed by atoms with E-state index in [1.54, 1.807) is 12.4 Å². The molecule has 104 valence electrons. The van der Waals surface area contributed by atoms with Crippen molar-refractivity contribution in [3.05, 3.63) is 22.4 Å². The number of amides is 1. The molecule has 1 aliphatic heterocycles. The van der Waals surface area contributed by atoms with Crippen LogP contribution in [0.15, 0.2) is 12.4 Å². The van der Waals surface area contributed by atoms with Crippen molar-refractivity contribution in [3.63, 3.8) is 0 Å². The number of rotatable bonds is 4. The Bertz CT molecular complexity index is 449. The molecule has 1 aromatic heterocycles. The maximum Gasteiger partial charge on any atom is 0.225 e. The highest BCUT2D eigenvalue weighted by molar-refractivity contribution is 6.38. The number of carbonyl (C=O) groups is 1. The maximum absolute atomic E-state index is 11.9. The number of anilines is 1. The maximum atomic E-state index is 11.9. The summed E-state index contributed by atoms with van der Waals surface area (Å²) in [5.74, 6) is -0.0129. The Morgan fingerprint density at radius 1 is 1.47 bits per heavy atom. The largest absolute Gasteiger partial charge is 0.368 e. The van der Waals surface area contributed by atoms with E-state index in [9.17, 15) is 4.79 Å². The molecule has 1 atom stereocenters. The van der Waals surface area contributed by atoms with Gasteiger partial charge in [-0.3, -0.25) is 9.78 Å². The molecule has 0 radical (unpaired) electrons. The predicted molar refractivity (Wildman–Crippen MR) is 76.6 cm³/mol. The Kier molecular flexibility index (Phi) is 4.85. The van der Waals surface area contributed by atoms with Crippen molar-refractivity contribution in [1.82, 2.24) is 10.3 Å². The summed E-state index contributed by atoms with van der Waals surface area (Å²) >= 11 is 12.2. The van der Waals surface area contributed by atoms with Crippen LogP contribution in [0.25, 0.3) is 0 Å². The smallest absolute Gasteiger partial charge is 0.225 e. The monoisotopic (exact) mass is 302 g/mol. The highest BCUT2D eigenvalue weighted by Gasteiger charge is 2.30. The number of nitrogens with zero attached hydrogens (tertiary/aromatic N) is 2. The third-order valence-corrected chi connectivity index (χ3v) is 3.70. The second-order valence-electron chi connectivity index (χ2n) is 4.46. The van der Waals surface area contributed by atoms with Crippen molar-refractivity contribution < 1.29 is 4.79 Å². The zero-order valence-corrected chi connectivity index (χ0v) is 11.9. The SMILES string of the molecule is NCCNC(=O)C1CCN(c2c(Cl)cncc2Cl)C1. The Morgan fingerprint density at radius 2 is 2.16 bits per heavy atom. The first-order chi connectivity index (χ1) is 9.13. The molecule has 2 rings (SSSR count). The van der Waals surface area contributed by atoms with E-state index in [1.807, 2.05) is 4.90 Å². The molecule has 19 heavy (non-hydrogen) atoms. The van der Waals surface area contributed by atoms with E-state index >= 15 is 0 Å². The number of halogens is 2. The minimum atomic E-state index is -0.0492. The molecule has 2 heterocycles. The molecular weight excluding hydrogens is 287 g/mol. The normalized spacial score (nSPS) is 18.7. The van der Waals surface area contributed by atoms with Gasteiger partial charge in [-0.15, -0.1) is 0 Å². The second kappa shape index (κ2) is 6.41. The fourth-order valence-corrected chi connectivity index (χ4v) is 2.83. The highest BCUT2D eigenvalue weighted by Crippen LogP contribution is 2.35. The fraction of sp³-hybridized carbons (Fsp3) is 0.500. The van der Waals surface area contributed by atoms with Gasteiger partial charge in [0.15, 0.2) is 0 Å². The van der Waals surface area contributed by atoms with Crippen molar-refractivity contribution in [3.8, 4) is 0 Å². The van der Waals surface area contributed by atoms with Gasteiger partial charge in [0.1, 0.15) is 0 Å². The van der Waals surface area contributed by atoms with Crippen LogP contribution in [0.5, 0.6) is 0 Å². The molecule has 0 aliphatic carbocycles. The van der Waals surface area contributed by atoms with Crippen LogP contribution in [0, 0.1) is 5.92 Å². The summed E-state index contributed by atoms with van der Waals surface area (Å²) in [4.78, 5) is 17.8. The molecule has 1 fully saturated rings. The number of carbonyl (C=O) groups excluding carboxylic acids is 1. The van der Waals surface area contributed by atoms with Gasteiger partial charge in [0, 0.05) is 38.6 Å². The Morgan fingerprint density at radius 3 is 2.79 bits per heavy atom. The average Bonchev–Trinajstić information content (AvgIpc) is 2.85. The summed E-state index contributed by atoms with van der Waals surface area (Å²) < 4.78 is 0. The first kappa shape index (κ1) is 14.4. The van der Waals surface area contributed by atoms with E-state index < -0.39 is 0 Å². The van der Waals surface area contributed by atoms with E-state index in [2.05, 4.69) is 10.3 Å². The summed E-state index contributed by atoms with van der Waals surface area (Å²) in [6.07, 6.45) is 3.90. The minimum Gasteiger partial charge on any atom is -0.368 e. The molecule has 0 spiro atoms. The molecule has 0 aromatic carbocycles. The molecule has 0 bridgehead atoms.